The minimum Gasteiger partial charge on any atom is -0.505 e. The van der Waals surface area contributed by atoms with Crippen LogP contribution in [0.15, 0.2) is 24.4 Å². The molecule has 2 rings (SSSR count). The fraction of sp³-hybridized carbons (Fsp3) is 0.200. The Morgan fingerprint density at radius 3 is 2.62 bits per heavy atom. The van der Waals surface area contributed by atoms with Gasteiger partial charge in [-0.05, 0) is 18.2 Å². The van der Waals surface area contributed by atoms with Crippen molar-refractivity contribution in [2.24, 2.45) is 0 Å². The summed E-state index contributed by atoms with van der Waals surface area (Å²) in [4.78, 5) is 2.84. The van der Waals surface area contributed by atoms with Gasteiger partial charge in [-0.2, -0.15) is 0 Å². The monoisotopic (exact) mass is 181 g/mol. The van der Waals surface area contributed by atoms with E-state index in [0.29, 0.717) is 10.9 Å². The summed E-state index contributed by atoms with van der Waals surface area (Å²) in [6, 6.07) is 4.55. The first-order chi connectivity index (χ1) is 6.29. The fourth-order valence-electron chi connectivity index (χ4n) is 1.09. The van der Waals surface area contributed by atoms with E-state index >= 15 is 0 Å². The summed E-state index contributed by atoms with van der Waals surface area (Å²) in [5, 5.41) is 9.37. The van der Waals surface area contributed by atoms with Gasteiger partial charge in [0.2, 0.25) is 0 Å². The van der Waals surface area contributed by atoms with Crippen molar-refractivity contribution in [1.29, 1.82) is 0 Å². The topological polar surface area (TPSA) is 36.0 Å². The molecular formula is C10H12FNO. The number of hydrogen-bond donors (Lipinski definition) is 2. The van der Waals surface area contributed by atoms with Crippen LogP contribution in [0.1, 0.15) is 13.8 Å². The predicted octanol–water partition coefficient (Wildman–Crippen LogP) is 3.04. The summed E-state index contributed by atoms with van der Waals surface area (Å²) in [5.74, 6) is -0.874. The molecule has 0 fully saturated rings. The van der Waals surface area contributed by atoms with Crippen molar-refractivity contribution in [2.45, 2.75) is 13.8 Å². The Hall–Kier alpha value is -1.51. The summed E-state index contributed by atoms with van der Waals surface area (Å²) in [6.07, 6.45) is 1.63. The standard InChI is InChI=1S/C8H6FNO.C2H6/c9-8-5-3-4-10-6(5)1-2-7(8)11;1-2/h1-4,10-11H;1-2H3. The Balaban J connectivity index is 0.000000396. The molecule has 2 nitrogen and oxygen atoms in total. The second kappa shape index (κ2) is 3.94. The van der Waals surface area contributed by atoms with Crippen LogP contribution in [0.3, 0.4) is 0 Å². The zero-order valence-electron chi connectivity index (χ0n) is 7.63. The molecule has 0 bridgehead atoms. The molecule has 0 saturated carbocycles. The van der Waals surface area contributed by atoms with Gasteiger partial charge in [-0.1, -0.05) is 13.8 Å². The van der Waals surface area contributed by atoms with E-state index < -0.39 is 5.82 Å². The Kier molecular flexibility index (Phi) is 2.90. The highest BCUT2D eigenvalue weighted by Gasteiger charge is 2.04. The highest BCUT2D eigenvalue weighted by molar-refractivity contribution is 5.81. The highest BCUT2D eigenvalue weighted by Crippen LogP contribution is 2.23. The molecule has 0 aliphatic carbocycles. The number of fused-ring (bicyclic) bond motifs is 1. The number of benzene rings is 1. The molecule has 0 saturated heterocycles. The van der Waals surface area contributed by atoms with E-state index in [-0.39, 0.29) is 5.75 Å². The second-order valence-electron chi connectivity index (χ2n) is 2.34. The SMILES string of the molecule is CC.Oc1ccc2[nH]ccc2c1F. The number of halogens is 1. The van der Waals surface area contributed by atoms with Crippen LogP contribution in [-0.4, -0.2) is 10.1 Å². The Labute approximate surface area is 76.0 Å². The van der Waals surface area contributed by atoms with Crippen LogP contribution in [0.5, 0.6) is 5.75 Å². The largest absolute Gasteiger partial charge is 0.505 e. The van der Waals surface area contributed by atoms with E-state index in [2.05, 4.69) is 4.98 Å². The molecule has 1 aromatic carbocycles. The van der Waals surface area contributed by atoms with Crippen molar-refractivity contribution in [1.82, 2.24) is 4.98 Å². The molecule has 2 aromatic rings. The minimum absolute atomic E-state index is 0.308. The maximum absolute atomic E-state index is 13.0. The third-order valence-corrected chi connectivity index (χ3v) is 1.65. The Morgan fingerprint density at radius 1 is 1.23 bits per heavy atom. The van der Waals surface area contributed by atoms with E-state index in [1.54, 1.807) is 18.3 Å². The molecule has 0 aliphatic heterocycles. The molecule has 0 unspecified atom stereocenters. The summed E-state index contributed by atoms with van der Waals surface area (Å²) >= 11 is 0. The molecule has 0 amide bonds. The number of aromatic nitrogens is 1. The van der Waals surface area contributed by atoms with Crippen molar-refractivity contribution in [3.05, 3.63) is 30.2 Å². The number of aromatic hydroxyl groups is 1. The molecule has 0 aliphatic rings. The molecule has 0 atom stereocenters. The van der Waals surface area contributed by atoms with Gasteiger partial charge in [0.05, 0.1) is 0 Å². The van der Waals surface area contributed by atoms with Crippen LogP contribution in [-0.2, 0) is 0 Å². The van der Waals surface area contributed by atoms with Gasteiger partial charge in [0.15, 0.2) is 11.6 Å². The summed E-state index contributed by atoms with van der Waals surface area (Å²) < 4.78 is 13.0. The zero-order valence-corrected chi connectivity index (χ0v) is 7.63. The second-order valence-corrected chi connectivity index (χ2v) is 2.34. The zero-order chi connectivity index (χ0) is 9.84. The van der Waals surface area contributed by atoms with E-state index in [0.717, 1.165) is 0 Å². The third-order valence-electron chi connectivity index (χ3n) is 1.65. The van der Waals surface area contributed by atoms with Gasteiger partial charge >= 0.3 is 0 Å². The lowest BCUT2D eigenvalue weighted by Gasteiger charge is -1.94. The first kappa shape index (κ1) is 9.58. The van der Waals surface area contributed by atoms with Crippen LogP contribution in [0.4, 0.5) is 4.39 Å². The number of nitrogens with one attached hydrogen (secondary N) is 1. The quantitative estimate of drug-likeness (QED) is 0.643. The molecule has 2 N–H and O–H groups in total. The number of aromatic amines is 1. The molecule has 0 radical (unpaired) electrons. The number of phenols is 1. The van der Waals surface area contributed by atoms with Gasteiger partial charge in [-0.3, -0.25) is 0 Å². The van der Waals surface area contributed by atoms with Crippen molar-refractivity contribution in [3.63, 3.8) is 0 Å². The van der Waals surface area contributed by atoms with Gasteiger partial charge in [0, 0.05) is 17.1 Å². The number of rotatable bonds is 0. The summed E-state index contributed by atoms with van der Waals surface area (Å²) in [7, 11) is 0. The van der Waals surface area contributed by atoms with Crippen molar-refractivity contribution >= 4 is 10.9 Å². The van der Waals surface area contributed by atoms with Gasteiger partial charge in [-0.25, -0.2) is 4.39 Å². The normalized spacial score (nSPS) is 9.46. The number of H-pyrrole nitrogens is 1. The van der Waals surface area contributed by atoms with Crippen LogP contribution >= 0.6 is 0 Å². The average Bonchev–Trinajstić information content (AvgIpc) is 2.63. The van der Waals surface area contributed by atoms with Crippen LogP contribution in [0.25, 0.3) is 10.9 Å². The van der Waals surface area contributed by atoms with Gasteiger partial charge < -0.3 is 10.1 Å². The maximum Gasteiger partial charge on any atom is 0.174 e. The third kappa shape index (κ3) is 1.64. The molecule has 70 valence electrons. The number of phenolic OH excluding ortho intramolecular Hbond substituents is 1. The fourth-order valence-corrected chi connectivity index (χ4v) is 1.09. The molecule has 13 heavy (non-hydrogen) atoms. The molecule has 1 aromatic heterocycles. The predicted molar refractivity (Wildman–Crippen MR) is 51.3 cm³/mol. The smallest absolute Gasteiger partial charge is 0.174 e. The molecule has 1 heterocycles. The van der Waals surface area contributed by atoms with E-state index in [1.807, 2.05) is 13.8 Å². The minimum atomic E-state index is -0.566. The van der Waals surface area contributed by atoms with Crippen molar-refractivity contribution in [2.75, 3.05) is 0 Å². The van der Waals surface area contributed by atoms with E-state index in [1.165, 1.54) is 6.07 Å². The Morgan fingerprint density at radius 2 is 1.92 bits per heavy atom. The number of hydrogen-bond acceptors (Lipinski definition) is 1. The lowest BCUT2D eigenvalue weighted by atomic mass is 10.2. The molecule has 3 heteroatoms. The summed E-state index contributed by atoms with van der Waals surface area (Å²) in [6.45, 7) is 4.00. The first-order valence-electron chi connectivity index (χ1n) is 4.23. The van der Waals surface area contributed by atoms with Gasteiger partial charge in [0.25, 0.3) is 0 Å². The lowest BCUT2D eigenvalue weighted by molar-refractivity contribution is 0.436. The highest BCUT2D eigenvalue weighted by atomic mass is 19.1. The molecular weight excluding hydrogens is 169 g/mol. The van der Waals surface area contributed by atoms with Crippen LogP contribution < -0.4 is 0 Å². The lowest BCUT2D eigenvalue weighted by Crippen LogP contribution is -1.76. The Bertz CT molecular complexity index is 395. The first-order valence-corrected chi connectivity index (χ1v) is 4.23. The van der Waals surface area contributed by atoms with Gasteiger partial charge in [-0.15, -0.1) is 0 Å². The average molecular weight is 181 g/mol. The van der Waals surface area contributed by atoms with Crippen molar-refractivity contribution < 1.29 is 9.50 Å². The van der Waals surface area contributed by atoms with E-state index in [4.69, 9.17) is 5.11 Å². The van der Waals surface area contributed by atoms with Crippen LogP contribution in [0, 0.1) is 5.82 Å². The molecule has 0 spiro atoms. The van der Waals surface area contributed by atoms with E-state index in [9.17, 15) is 4.39 Å². The van der Waals surface area contributed by atoms with Crippen molar-refractivity contribution in [3.8, 4) is 5.75 Å². The van der Waals surface area contributed by atoms with Gasteiger partial charge in [0.1, 0.15) is 0 Å². The maximum atomic E-state index is 13.0. The summed E-state index contributed by atoms with van der Waals surface area (Å²) in [5.41, 5.74) is 0.695. The van der Waals surface area contributed by atoms with Crippen LogP contribution in [0.2, 0.25) is 0 Å².